The Morgan fingerprint density at radius 1 is 1.20 bits per heavy atom. The minimum absolute atomic E-state index is 0.0260. The first kappa shape index (κ1) is 18.2. The van der Waals surface area contributed by atoms with Gasteiger partial charge >= 0.3 is 18.0 Å². The molecule has 0 saturated carbocycles. The third-order valence-electron chi connectivity index (χ3n) is 2.10. The van der Waals surface area contributed by atoms with Crippen LogP contribution in [0.5, 0.6) is 0 Å². The number of amides is 1. The zero-order chi connectivity index (χ0) is 15.9. The molecule has 0 fully saturated rings. The predicted molar refractivity (Wildman–Crippen MR) is 71.2 cm³/mol. The average molecular weight is 289 g/mol. The molecule has 0 aromatic heterocycles. The van der Waals surface area contributed by atoms with E-state index in [0.717, 1.165) is 0 Å². The van der Waals surface area contributed by atoms with E-state index in [4.69, 9.17) is 14.6 Å². The van der Waals surface area contributed by atoms with Crippen LogP contribution in [0.4, 0.5) is 4.79 Å². The molecule has 0 aliphatic heterocycles. The number of carbonyl (C=O) groups is 3. The molecule has 0 bridgehead atoms. The number of hydrogen-bond acceptors (Lipinski definition) is 5. The molecule has 0 aromatic carbocycles. The lowest BCUT2D eigenvalue weighted by Crippen LogP contribution is -2.35. The lowest BCUT2D eigenvalue weighted by molar-refractivity contribution is -0.167. The summed E-state index contributed by atoms with van der Waals surface area (Å²) in [5.74, 6) is -2.19. The van der Waals surface area contributed by atoms with Gasteiger partial charge in [-0.05, 0) is 20.8 Å². The van der Waals surface area contributed by atoms with Gasteiger partial charge in [0.15, 0.2) is 0 Å². The van der Waals surface area contributed by atoms with Crippen molar-refractivity contribution in [1.29, 1.82) is 0 Å². The average Bonchev–Trinajstić information content (AvgIpc) is 2.22. The summed E-state index contributed by atoms with van der Waals surface area (Å²) in [7, 11) is 0. The molecule has 20 heavy (non-hydrogen) atoms. The van der Waals surface area contributed by atoms with Crippen molar-refractivity contribution in [2.75, 3.05) is 6.54 Å². The van der Waals surface area contributed by atoms with Crippen LogP contribution in [-0.2, 0) is 19.1 Å². The number of ether oxygens (including phenoxy) is 2. The minimum Gasteiger partial charge on any atom is -0.478 e. The zero-order valence-corrected chi connectivity index (χ0v) is 12.6. The quantitative estimate of drug-likeness (QED) is 0.719. The maximum atomic E-state index is 11.5. The van der Waals surface area contributed by atoms with Crippen molar-refractivity contribution >= 4 is 18.0 Å². The molecule has 2 N–H and O–H groups in total. The number of aliphatic carboxylic acids is 1. The topological polar surface area (TPSA) is 102 Å². The third-order valence-corrected chi connectivity index (χ3v) is 2.10. The van der Waals surface area contributed by atoms with Crippen LogP contribution in [0.25, 0.3) is 0 Å². The fraction of sp³-hybridized carbons (Fsp3) is 0.769. The van der Waals surface area contributed by atoms with Gasteiger partial charge in [-0.25, -0.2) is 9.59 Å². The monoisotopic (exact) mass is 289 g/mol. The number of rotatable bonds is 6. The van der Waals surface area contributed by atoms with Crippen molar-refractivity contribution in [3.63, 3.8) is 0 Å². The first-order valence-electron chi connectivity index (χ1n) is 6.42. The minimum atomic E-state index is -1.19. The maximum absolute atomic E-state index is 11.5. The second kappa shape index (κ2) is 7.72. The van der Waals surface area contributed by atoms with E-state index in [-0.39, 0.29) is 18.9 Å². The van der Waals surface area contributed by atoms with Crippen molar-refractivity contribution in [3.05, 3.63) is 0 Å². The van der Waals surface area contributed by atoms with Crippen molar-refractivity contribution in [1.82, 2.24) is 5.32 Å². The number of carboxylic acids is 1. The number of esters is 1. The Kier molecular flexibility index (Phi) is 7.02. The van der Waals surface area contributed by atoms with Crippen molar-refractivity contribution in [2.24, 2.45) is 5.92 Å². The third kappa shape index (κ3) is 8.34. The fourth-order valence-electron chi connectivity index (χ4n) is 1.25. The molecule has 1 atom stereocenters. The van der Waals surface area contributed by atoms with E-state index in [9.17, 15) is 14.4 Å². The number of alkyl carbamates (subject to hydrolysis) is 1. The van der Waals surface area contributed by atoms with Crippen LogP contribution in [0.2, 0.25) is 0 Å². The van der Waals surface area contributed by atoms with Crippen LogP contribution in [0.15, 0.2) is 0 Å². The lowest BCUT2D eigenvalue weighted by Gasteiger charge is -2.20. The normalized spacial score (nSPS) is 12.7. The predicted octanol–water partition coefficient (Wildman–Crippen LogP) is 1.55. The molecular weight excluding hydrogens is 266 g/mol. The fourth-order valence-corrected chi connectivity index (χ4v) is 1.25. The Labute approximate surface area is 118 Å². The highest BCUT2D eigenvalue weighted by Crippen LogP contribution is 2.08. The Bertz CT molecular complexity index is 358. The van der Waals surface area contributed by atoms with E-state index < -0.39 is 29.7 Å². The van der Waals surface area contributed by atoms with Crippen LogP contribution in [0.3, 0.4) is 0 Å². The van der Waals surface area contributed by atoms with E-state index in [1.54, 1.807) is 34.6 Å². The van der Waals surface area contributed by atoms with Gasteiger partial charge in [0.05, 0.1) is 6.42 Å². The highest BCUT2D eigenvalue weighted by molar-refractivity contribution is 5.78. The summed E-state index contributed by atoms with van der Waals surface area (Å²) in [6, 6.07) is 0. The van der Waals surface area contributed by atoms with Crippen LogP contribution < -0.4 is 5.32 Å². The molecule has 0 heterocycles. The molecule has 0 radical (unpaired) electrons. The molecule has 0 aliphatic carbocycles. The first-order chi connectivity index (χ1) is 9.03. The van der Waals surface area contributed by atoms with Crippen molar-refractivity contribution < 1.29 is 29.0 Å². The summed E-state index contributed by atoms with van der Waals surface area (Å²) in [5, 5.41) is 11.3. The molecule has 116 valence electrons. The summed E-state index contributed by atoms with van der Waals surface area (Å²) in [6.45, 7) is 8.48. The number of hydrogen-bond donors (Lipinski definition) is 2. The highest BCUT2D eigenvalue weighted by atomic mass is 16.6. The zero-order valence-electron chi connectivity index (χ0n) is 12.6. The van der Waals surface area contributed by atoms with Gasteiger partial charge in [0.1, 0.15) is 5.60 Å². The Balaban J connectivity index is 4.06. The number of carbonyl (C=O) groups excluding carboxylic acids is 2. The summed E-state index contributed by atoms with van der Waals surface area (Å²) in [5.41, 5.74) is -0.614. The van der Waals surface area contributed by atoms with E-state index in [2.05, 4.69) is 5.32 Å². The van der Waals surface area contributed by atoms with Crippen LogP contribution in [0.1, 0.15) is 41.0 Å². The van der Waals surface area contributed by atoms with Gasteiger partial charge in [-0.3, -0.25) is 4.79 Å². The van der Waals surface area contributed by atoms with Gasteiger partial charge in [-0.15, -0.1) is 0 Å². The second-order valence-corrected chi connectivity index (χ2v) is 5.67. The molecule has 0 saturated heterocycles. The molecule has 0 rings (SSSR count). The maximum Gasteiger partial charge on any atom is 0.407 e. The van der Waals surface area contributed by atoms with E-state index >= 15 is 0 Å². The molecular formula is C13H23NO6. The molecule has 0 unspecified atom stereocenters. The van der Waals surface area contributed by atoms with E-state index in [1.807, 2.05) is 0 Å². The van der Waals surface area contributed by atoms with Gasteiger partial charge in [-0.1, -0.05) is 13.8 Å². The summed E-state index contributed by atoms with van der Waals surface area (Å²) in [6.07, 6.45) is -1.93. The van der Waals surface area contributed by atoms with Gasteiger partial charge in [0, 0.05) is 12.5 Å². The molecule has 0 aromatic rings. The summed E-state index contributed by atoms with van der Waals surface area (Å²) < 4.78 is 9.81. The van der Waals surface area contributed by atoms with E-state index in [0.29, 0.717) is 0 Å². The SMILES string of the molecule is CC(C)[C@@H](OC(=O)CCNC(=O)OC(C)(C)C)C(=O)O. The van der Waals surface area contributed by atoms with E-state index in [1.165, 1.54) is 0 Å². The van der Waals surface area contributed by atoms with Crippen LogP contribution >= 0.6 is 0 Å². The smallest absolute Gasteiger partial charge is 0.407 e. The molecule has 7 nitrogen and oxygen atoms in total. The Morgan fingerprint density at radius 3 is 2.15 bits per heavy atom. The molecule has 0 spiro atoms. The van der Waals surface area contributed by atoms with Crippen molar-refractivity contribution in [2.45, 2.75) is 52.7 Å². The molecule has 0 aliphatic rings. The largest absolute Gasteiger partial charge is 0.478 e. The van der Waals surface area contributed by atoms with Gasteiger partial charge < -0.3 is 19.9 Å². The molecule has 1 amide bonds. The van der Waals surface area contributed by atoms with Gasteiger partial charge in [0.25, 0.3) is 0 Å². The molecule has 7 heteroatoms. The lowest BCUT2D eigenvalue weighted by atomic mass is 10.1. The Morgan fingerprint density at radius 2 is 1.75 bits per heavy atom. The standard InChI is InChI=1S/C13H23NO6/c1-8(2)10(11(16)17)19-9(15)6-7-14-12(18)20-13(3,4)5/h8,10H,6-7H2,1-5H3,(H,14,18)(H,16,17)/t10-/m1/s1. The summed E-state index contributed by atoms with van der Waals surface area (Å²) in [4.78, 5) is 33.6. The summed E-state index contributed by atoms with van der Waals surface area (Å²) >= 11 is 0. The van der Waals surface area contributed by atoms with Gasteiger partial charge in [-0.2, -0.15) is 0 Å². The highest BCUT2D eigenvalue weighted by Gasteiger charge is 2.25. The van der Waals surface area contributed by atoms with Gasteiger partial charge in [0.2, 0.25) is 6.10 Å². The number of carboxylic acid groups (broad SMARTS) is 1. The number of nitrogens with one attached hydrogen (secondary N) is 1. The Hall–Kier alpha value is -1.79. The first-order valence-corrected chi connectivity index (χ1v) is 6.42. The van der Waals surface area contributed by atoms with Crippen LogP contribution in [0, 0.1) is 5.92 Å². The van der Waals surface area contributed by atoms with Crippen molar-refractivity contribution in [3.8, 4) is 0 Å². The van der Waals surface area contributed by atoms with Crippen LogP contribution in [-0.4, -0.2) is 41.4 Å². The second-order valence-electron chi connectivity index (χ2n) is 5.67.